The zero-order valence-corrected chi connectivity index (χ0v) is 13.1. The van der Waals surface area contributed by atoms with E-state index in [0.29, 0.717) is 5.52 Å². The van der Waals surface area contributed by atoms with Crippen LogP contribution in [0.1, 0.15) is 18.3 Å². The van der Waals surface area contributed by atoms with Gasteiger partial charge in [0.05, 0.1) is 31.1 Å². The molecule has 0 saturated carbocycles. The van der Waals surface area contributed by atoms with Crippen LogP contribution in [0.5, 0.6) is 0 Å². The lowest BCUT2D eigenvalue weighted by molar-refractivity contribution is -0.0505. The number of hydrogen-bond donors (Lipinski definition) is 4. The molecule has 0 bridgehead atoms. The van der Waals surface area contributed by atoms with Crippen molar-refractivity contribution in [3.63, 3.8) is 0 Å². The van der Waals surface area contributed by atoms with Crippen LogP contribution in [0.3, 0.4) is 0 Å². The molecule has 11 heteroatoms. The number of aromatic nitrogens is 6. The molecule has 3 atom stereocenters. The minimum absolute atomic E-state index is 0.00568. The van der Waals surface area contributed by atoms with Crippen molar-refractivity contribution >= 4 is 17.1 Å². The summed E-state index contributed by atoms with van der Waals surface area (Å²) < 4.78 is 8.32. The second-order valence-electron chi connectivity index (χ2n) is 5.89. The van der Waals surface area contributed by atoms with Crippen molar-refractivity contribution in [1.29, 1.82) is 0 Å². The first kappa shape index (κ1) is 15.7. The fourth-order valence-electron chi connectivity index (χ4n) is 3.08. The molecule has 1 aliphatic rings. The van der Waals surface area contributed by atoms with E-state index in [1.54, 1.807) is 12.3 Å². The zero-order chi connectivity index (χ0) is 17.6. The summed E-state index contributed by atoms with van der Waals surface area (Å²) in [5, 5.41) is 26.2. The normalized spacial score (nSPS) is 23.5. The molecule has 0 radical (unpaired) electrons. The molecular weight excluding hydrogens is 330 g/mol. The molecule has 3 aromatic heterocycles. The number of ether oxygens (including phenoxy) is 1. The second kappa shape index (κ2) is 5.95. The van der Waals surface area contributed by atoms with E-state index in [2.05, 4.69) is 20.2 Å². The number of fused-ring (bicyclic) bond motifs is 1. The second-order valence-corrected chi connectivity index (χ2v) is 5.89. The van der Waals surface area contributed by atoms with Crippen LogP contribution in [0.15, 0.2) is 23.3 Å². The van der Waals surface area contributed by atoms with E-state index >= 15 is 0 Å². The highest BCUT2D eigenvalue weighted by molar-refractivity contribution is 5.72. The smallest absolute Gasteiger partial charge is 0.332 e. The number of H-pyrrole nitrogens is 1. The molecule has 1 aliphatic heterocycles. The van der Waals surface area contributed by atoms with Gasteiger partial charge in [-0.15, -0.1) is 0 Å². The molecule has 25 heavy (non-hydrogen) atoms. The van der Waals surface area contributed by atoms with Gasteiger partial charge in [-0.05, 0) is 6.07 Å². The van der Waals surface area contributed by atoms with Gasteiger partial charge in [0.25, 0.3) is 0 Å². The van der Waals surface area contributed by atoms with Crippen molar-refractivity contribution in [2.75, 3.05) is 12.3 Å². The van der Waals surface area contributed by atoms with E-state index < -0.39 is 24.1 Å². The first-order valence-electron chi connectivity index (χ1n) is 7.74. The van der Waals surface area contributed by atoms with Crippen LogP contribution in [0.4, 0.5) is 5.95 Å². The quantitative estimate of drug-likeness (QED) is 0.448. The van der Waals surface area contributed by atoms with Crippen molar-refractivity contribution in [3.8, 4) is 0 Å². The van der Waals surface area contributed by atoms with Gasteiger partial charge in [0, 0.05) is 12.6 Å². The third-order valence-electron chi connectivity index (χ3n) is 4.24. The van der Waals surface area contributed by atoms with Gasteiger partial charge in [-0.25, -0.2) is 14.3 Å². The Morgan fingerprint density at radius 1 is 1.48 bits per heavy atom. The van der Waals surface area contributed by atoms with Gasteiger partial charge in [-0.1, -0.05) is 0 Å². The first-order valence-corrected chi connectivity index (χ1v) is 7.74. The zero-order valence-electron chi connectivity index (χ0n) is 13.1. The summed E-state index contributed by atoms with van der Waals surface area (Å²) in [5.41, 5.74) is 6.69. The number of anilines is 1. The van der Waals surface area contributed by atoms with Crippen molar-refractivity contribution in [3.05, 3.63) is 34.6 Å². The lowest BCUT2D eigenvalue weighted by atomic mass is 10.2. The lowest BCUT2D eigenvalue weighted by Crippen LogP contribution is -2.32. The van der Waals surface area contributed by atoms with E-state index in [0.717, 1.165) is 5.69 Å². The Labute approximate surface area is 140 Å². The number of aliphatic hydroxyl groups is 2. The largest absolute Gasteiger partial charge is 0.394 e. The Bertz CT molecular complexity index is 948. The van der Waals surface area contributed by atoms with Crippen LogP contribution in [0, 0.1) is 0 Å². The number of nitrogens with one attached hydrogen (secondary N) is 1. The number of nitrogens with two attached hydrogens (primary N) is 1. The molecule has 4 heterocycles. The highest BCUT2D eigenvalue weighted by Crippen LogP contribution is 2.30. The lowest BCUT2D eigenvalue weighted by Gasteiger charge is -2.15. The van der Waals surface area contributed by atoms with Crippen LogP contribution in [-0.2, 0) is 11.3 Å². The highest BCUT2D eigenvalue weighted by atomic mass is 16.5. The van der Waals surface area contributed by atoms with E-state index in [1.807, 2.05) is 0 Å². The standard InChI is InChI=1S/C14H17N7O4/c15-13-16-4-9-11(18-13)21(12-10(23)3-8(6-22)25-12)14(24)20(9)5-7-1-2-17-19-7/h1-2,4,8,10,12,22-23H,3,5-6H2,(H,17,19)(H2,15,16,18)/t8-,10+,12+/m0/s1. The van der Waals surface area contributed by atoms with E-state index in [4.69, 9.17) is 10.5 Å². The summed E-state index contributed by atoms with van der Waals surface area (Å²) in [6.07, 6.45) is 0.820. The third-order valence-corrected chi connectivity index (χ3v) is 4.24. The predicted molar refractivity (Wildman–Crippen MR) is 85.5 cm³/mol. The number of imidazole rings is 1. The molecule has 0 aromatic carbocycles. The fourth-order valence-corrected chi connectivity index (χ4v) is 3.08. The Morgan fingerprint density at radius 3 is 3.00 bits per heavy atom. The average molecular weight is 347 g/mol. The number of nitrogen functional groups attached to an aromatic ring is 1. The molecule has 0 unspecified atom stereocenters. The van der Waals surface area contributed by atoms with Crippen LogP contribution >= 0.6 is 0 Å². The molecule has 0 spiro atoms. The summed E-state index contributed by atoms with van der Waals surface area (Å²) in [4.78, 5) is 21.1. The van der Waals surface area contributed by atoms with Crippen molar-refractivity contribution in [2.45, 2.75) is 31.4 Å². The molecule has 132 valence electrons. The van der Waals surface area contributed by atoms with Gasteiger partial charge in [-0.2, -0.15) is 10.1 Å². The van der Waals surface area contributed by atoms with Crippen molar-refractivity contribution < 1.29 is 14.9 Å². The Kier molecular flexibility index (Phi) is 3.75. The Hall–Kier alpha value is -2.76. The molecule has 0 amide bonds. The maximum Gasteiger partial charge on any atom is 0.332 e. The topological polar surface area (TPSA) is 157 Å². The van der Waals surface area contributed by atoms with E-state index in [9.17, 15) is 15.0 Å². The Balaban J connectivity index is 1.87. The molecule has 11 nitrogen and oxygen atoms in total. The summed E-state index contributed by atoms with van der Waals surface area (Å²) in [5.74, 6) is 0.00568. The van der Waals surface area contributed by atoms with Crippen LogP contribution in [-0.4, -0.2) is 58.3 Å². The minimum Gasteiger partial charge on any atom is -0.394 e. The van der Waals surface area contributed by atoms with Gasteiger partial charge in [0.15, 0.2) is 11.9 Å². The highest BCUT2D eigenvalue weighted by Gasteiger charge is 2.37. The monoisotopic (exact) mass is 347 g/mol. The third kappa shape index (κ3) is 2.58. The van der Waals surface area contributed by atoms with Gasteiger partial charge < -0.3 is 20.7 Å². The van der Waals surface area contributed by atoms with Gasteiger partial charge in [0.2, 0.25) is 5.95 Å². The molecule has 1 fully saturated rings. The van der Waals surface area contributed by atoms with E-state index in [-0.39, 0.29) is 31.2 Å². The maximum atomic E-state index is 13.0. The Morgan fingerprint density at radius 2 is 2.32 bits per heavy atom. The first-order chi connectivity index (χ1) is 12.1. The average Bonchev–Trinajstić information content (AvgIpc) is 3.28. The van der Waals surface area contributed by atoms with Gasteiger partial charge in [-0.3, -0.25) is 9.67 Å². The summed E-state index contributed by atoms with van der Waals surface area (Å²) in [7, 11) is 0. The number of rotatable bonds is 4. The molecule has 4 rings (SSSR count). The number of aliphatic hydroxyl groups excluding tert-OH is 2. The molecule has 5 N–H and O–H groups in total. The minimum atomic E-state index is -0.954. The molecule has 1 saturated heterocycles. The maximum absolute atomic E-state index is 13.0. The molecule has 3 aromatic rings. The van der Waals surface area contributed by atoms with Crippen molar-refractivity contribution in [2.24, 2.45) is 0 Å². The number of aromatic amines is 1. The van der Waals surface area contributed by atoms with Gasteiger partial charge >= 0.3 is 5.69 Å². The summed E-state index contributed by atoms with van der Waals surface area (Å²) >= 11 is 0. The SMILES string of the molecule is Nc1ncc2c(n1)n([C@@H]1O[C@H](CO)C[C@H]1O)c(=O)n2Cc1ccn[nH]1. The molecular formula is C14H17N7O4. The van der Waals surface area contributed by atoms with Crippen molar-refractivity contribution in [1.82, 2.24) is 29.3 Å². The van der Waals surface area contributed by atoms with E-state index in [1.165, 1.54) is 15.3 Å². The van der Waals surface area contributed by atoms with Crippen LogP contribution in [0.2, 0.25) is 0 Å². The number of nitrogens with zero attached hydrogens (tertiary/aromatic N) is 5. The fraction of sp³-hybridized carbons (Fsp3) is 0.429. The number of hydrogen-bond acceptors (Lipinski definition) is 8. The summed E-state index contributed by atoms with van der Waals surface area (Å²) in [6.45, 7) is -0.0198. The predicted octanol–water partition coefficient (Wildman–Crippen LogP) is -1.41. The van der Waals surface area contributed by atoms with Gasteiger partial charge in [0.1, 0.15) is 11.6 Å². The van der Waals surface area contributed by atoms with Crippen LogP contribution < -0.4 is 11.4 Å². The summed E-state index contributed by atoms with van der Waals surface area (Å²) in [6, 6.07) is 1.75. The molecule has 0 aliphatic carbocycles. The van der Waals surface area contributed by atoms with Crippen LogP contribution in [0.25, 0.3) is 11.2 Å².